The van der Waals surface area contributed by atoms with E-state index in [0.717, 1.165) is 6.42 Å². The minimum atomic E-state index is -1.58. The molecule has 1 atom stereocenters. The lowest BCUT2D eigenvalue weighted by molar-refractivity contribution is 1.17. The zero-order valence-electron chi connectivity index (χ0n) is 13.7. The molecule has 0 bridgehead atoms. The summed E-state index contributed by atoms with van der Waals surface area (Å²) in [5, 5.41) is 6.13. The van der Waals surface area contributed by atoms with E-state index in [0.29, 0.717) is 5.25 Å². The number of thioether (sulfide) groups is 1. The van der Waals surface area contributed by atoms with Crippen LogP contribution >= 0.6 is 11.8 Å². The van der Waals surface area contributed by atoms with Gasteiger partial charge in [0, 0.05) is 0 Å². The van der Waals surface area contributed by atoms with Gasteiger partial charge < -0.3 is 0 Å². The maximum absolute atomic E-state index is 2.53. The molecule has 3 aliphatic carbocycles. The van der Waals surface area contributed by atoms with Crippen molar-refractivity contribution in [3.8, 4) is 0 Å². The second-order valence-corrected chi connectivity index (χ2v) is 12.5. The Morgan fingerprint density at radius 1 is 1.18 bits per heavy atom. The summed E-state index contributed by atoms with van der Waals surface area (Å²) in [5.74, 6) is 0. The molecule has 0 saturated heterocycles. The van der Waals surface area contributed by atoms with Crippen LogP contribution in [0, 0.1) is 0 Å². The zero-order valence-corrected chi connectivity index (χ0v) is 15.6. The fraction of sp³-hybridized carbons (Fsp3) is 0.300. The van der Waals surface area contributed by atoms with Gasteiger partial charge in [-0.25, -0.2) is 0 Å². The average molecular weight is 323 g/mol. The van der Waals surface area contributed by atoms with Crippen molar-refractivity contribution in [2.75, 3.05) is 0 Å². The molecule has 2 heteroatoms. The number of hydrogen-bond acceptors (Lipinski definition) is 1. The highest BCUT2D eigenvalue weighted by Gasteiger charge is 2.39. The maximum atomic E-state index is 2.53. The summed E-state index contributed by atoms with van der Waals surface area (Å²) in [6.45, 7) is 9.67. The van der Waals surface area contributed by atoms with Crippen molar-refractivity contribution in [3.63, 3.8) is 0 Å². The molecule has 0 aromatic heterocycles. The summed E-state index contributed by atoms with van der Waals surface area (Å²) in [6, 6.07) is 0. The number of fused-ring (bicyclic) bond motifs is 2. The van der Waals surface area contributed by atoms with Gasteiger partial charge in [-0.3, -0.25) is 0 Å². The van der Waals surface area contributed by atoms with Gasteiger partial charge in [-0.05, 0) is 53.2 Å². The molecule has 4 aliphatic rings. The van der Waals surface area contributed by atoms with Gasteiger partial charge in [0.25, 0.3) is 0 Å². The Balaban J connectivity index is 1.80. The van der Waals surface area contributed by atoms with Crippen molar-refractivity contribution in [2.45, 2.75) is 38.6 Å². The van der Waals surface area contributed by atoms with E-state index < -0.39 is 8.07 Å². The maximum Gasteiger partial charge on any atom is 0.109 e. The summed E-state index contributed by atoms with van der Waals surface area (Å²) >= 11 is 1.95. The van der Waals surface area contributed by atoms with E-state index in [-0.39, 0.29) is 0 Å². The highest BCUT2D eigenvalue weighted by Crippen LogP contribution is 2.49. The van der Waals surface area contributed by atoms with E-state index in [2.05, 4.69) is 68.8 Å². The number of rotatable bonds is 2. The molecule has 0 N–H and O–H groups in total. The van der Waals surface area contributed by atoms with Crippen LogP contribution in [0.2, 0.25) is 13.1 Å². The lowest BCUT2D eigenvalue weighted by atomic mass is 9.89. The standard InChI is InChI=1S/C20H22SSi/c1-13-11-17-14(2)16-9-10-21-19(16)12-18(17)20(13)22(3,4)15-7-5-6-8-15/h5-7,9-12,19H,8H2,1-4H3. The molecular weight excluding hydrogens is 300 g/mol. The van der Waals surface area contributed by atoms with Gasteiger partial charge in [0.2, 0.25) is 0 Å². The highest BCUT2D eigenvalue weighted by atomic mass is 32.2. The summed E-state index contributed by atoms with van der Waals surface area (Å²) in [6.07, 6.45) is 15.3. The number of hydrogen-bond donors (Lipinski definition) is 0. The Labute approximate surface area is 138 Å². The summed E-state index contributed by atoms with van der Waals surface area (Å²) < 4.78 is 0. The van der Waals surface area contributed by atoms with Crippen LogP contribution in [0.1, 0.15) is 20.3 Å². The minimum absolute atomic E-state index is 0.536. The van der Waals surface area contributed by atoms with Crippen molar-refractivity contribution in [1.82, 2.24) is 0 Å². The van der Waals surface area contributed by atoms with E-state index in [1.807, 2.05) is 11.8 Å². The van der Waals surface area contributed by atoms with Crippen molar-refractivity contribution in [2.24, 2.45) is 0 Å². The second kappa shape index (κ2) is 4.87. The largest absolute Gasteiger partial charge is 0.122 e. The molecule has 0 nitrogen and oxygen atoms in total. The predicted octanol–water partition coefficient (Wildman–Crippen LogP) is 5.80. The van der Waals surface area contributed by atoms with Crippen LogP contribution < -0.4 is 0 Å². The van der Waals surface area contributed by atoms with Gasteiger partial charge in [-0.2, -0.15) is 0 Å². The van der Waals surface area contributed by atoms with Gasteiger partial charge >= 0.3 is 0 Å². The Bertz CT molecular complexity index is 779. The predicted molar refractivity (Wildman–Crippen MR) is 101 cm³/mol. The number of allylic oxidation sites excluding steroid dienone is 11. The molecule has 0 aromatic carbocycles. The summed E-state index contributed by atoms with van der Waals surface area (Å²) in [7, 11) is -1.58. The fourth-order valence-corrected chi connectivity index (χ4v) is 8.66. The van der Waals surface area contributed by atoms with Crippen LogP contribution in [0.25, 0.3) is 0 Å². The molecule has 0 aromatic rings. The second-order valence-electron chi connectivity index (χ2n) is 7.09. The van der Waals surface area contributed by atoms with Gasteiger partial charge in [0.1, 0.15) is 8.07 Å². The molecule has 4 rings (SSSR count). The average Bonchev–Trinajstić information content (AvgIpc) is 3.16. The Kier molecular flexibility index (Phi) is 3.18. The monoisotopic (exact) mass is 322 g/mol. The topological polar surface area (TPSA) is 0 Å². The molecule has 1 unspecified atom stereocenters. The van der Waals surface area contributed by atoms with Gasteiger partial charge in [0.05, 0.1) is 5.25 Å². The lowest BCUT2D eigenvalue weighted by Crippen LogP contribution is -2.34. The molecule has 0 radical (unpaired) electrons. The molecule has 0 spiro atoms. The molecule has 1 aliphatic heterocycles. The smallest absolute Gasteiger partial charge is 0.109 e. The van der Waals surface area contributed by atoms with Crippen LogP contribution in [0.5, 0.6) is 0 Å². The third kappa shape index (κ3) is 1.90. The van der Waals surface area contributed by atoms with Crippen LogP contribution in [0.15, 0.2) is 80.1 Å². The molecule has 22 heavy (non-hydrogen) atoms. The lowest BCUT2D eigenvalue weighted by Gasteiger charge is -2.31. The Morgan fingerprint density at radius 2 is 2.00 bits per heavy atom. The Hall–Kier alpha value is -1.25. The first-order chi connectivity index (χ1) is 10.5. The van der Waals surface area contributed by atoms with Crippen molar-refractivity contribution >= 4 is 19.8 Å². The van der Waals surface area contributed by atoms with Crippen molar-refractivity contribution in [1.29, 1.82) is 0 Å². The first-order valence-electron chi connectivity index (χ1n) is 8.05. The summed E-state index contributed by atoms with van der Waals surface area (Å²) in [5.41, 5.74) is 7.53. The fourth-order valence-electron chi connectivity index (χ4n) is 4.24. The highest BCUT2D eigenvalue weighted by molar-refractivity contribution is 8.03. The zero-order chi connectivity index (χ0) is 15.5. The van der Waals surface area contributed by atoms with E-state index in [4.69, 9.17) is 0 Å². The van der Waals surface area contributed by atoms with Crippen molar-refractivity contribution < 1.29 is 0 Å². The van der Waals surface area contributed by atoms with E-state index in [1.54, 1.807) is 16.0 Å². The third-order valence-electron chi connectivity index (χ3n) is 5.45. The SMILES string of the molecule is CC1=C([Si](C)(C)C2=CC=CC2)C2=CC3SC=CC3=C(C)C2=C1. The summed E-state index contributed by atoms with van der Waals surface area (Å²) in [4.78, 5) is 0. The van der Waals surface area contributed by atoms with Gasteiger partial charge in [-0.1, -0.05) is 60.3 Å². The van der Waals surface area contributed by atoms with Crippen LogP contribution in [-0.2, 0) is 0 Å². The Morgan fingerprint density at radius 3 is 2.73 bits per heavy atom. The van der Waals surface area contributed by atoms with Gasteiger partial charge in [0.15, 0.2) is 0 Å². The molecular formula is C20H22SSi. The van der Waals surface area contributed by atoms with Crippen LogP contribution in [0.4, 0.5) is 0 Å². The van der Waals surface area contributed by atoms with Crippen LogP contribution in [0.3, 0.4) is 0 Å². The molecule has 0 fully saturated rings. The van der Waals surface area contributed by atoms with Crippen molar-refractivity contribution in [3.05, 3.63) is 80.1 Å². The first kappa shape index (κ1) is 14.3. The molecule has 1 heterocycles. The third-order valence-corrected chi connectivity index (χ3v) is 10.3. The van der Waals surface area contributed by atoms with E-state index in [9.17, 15) is 0 Å². The van der Waals surface area contributed by atoms with Gasteiger partial charge in [-0.15, -0.1) is 11.8 Å². The normalized spacial score (nSPS) is 26.4. The first-order valence-corrected chi connectivity index (χ1v) is 12.0. The van der Waals surface area contributed by atoms with Crippen LogP contribution in [-0.4, -0.2) is 13.3 Å². The molecule has 112 valence electrons. The molecule has 0 saturated carbocycles. The quantitative estimate of drug-likeness (QED) is 0.579. The minimum Gasteiger partial charge on any atom is -0.122 e. The van der Waals surface area contributed by atoms with E-state index >= 15 is 0 Å². The molecule has 0 amide bonds. The van der Waals surface area contributed by atoms with E-state index in [1.165, 1.54) is 22.3 Å².